The molecule has 2 aromatic heterocycles. The number of nitrogens with one attached hydrogen (secondary N) is 1. The SMILES string of the molecule is CCOc1ccc(N2C(=S)N[C@H](c3ccccn3)[C@@H]2c2ccc(-c3ccc(C(=O)OC)cc3)o2)cc1. The molecule has 2 aromatic carbocycles. The Labute approximate surface area is 214 Å². The Balaban J connectivity index is 1.52. The molecule has 0 aliphatic carbocycles. The molecule has 1 aliphatic rings. The average molecular weight is 500 g/mol. The van der Waals surface area contributed by atoms with Gasteiger partial charge in [-0.3, -0.25) is 4.98 Å². The zero-order chi connectivity index (χ0) is 25.1. The highest BCUT2D eigenvalue weighted by Crippen LogP contribution is 2.43. The maximum absolute atomic E-state index is 11.8. The minimum absolute atomic E-state index is 0.217. The van der Waals surface area contributed by atoms with Crippen molar-refractivity contribution in [3.8, 4) is 17.1 Å². The Hall–Kier alpha value is -4.17. The van der Waals surface area contributed by atoms with Crippen molar-refractivity contribution in [1.29, 1.82) is 0 Å². The number of rotatable bonds is 7. The summed E-state index contributed by atoms with van der Waals surface area (Å²) in [7, 11) is 1.36. The Bertz CT molecular complexity index is 1350. The van der Waals surface area contributed by atoms with Gasteiger partial charge in [0.05, 0.1) is 31.0 Å². The summed E-state index contributed by atoms with van der Waals surface area (Å²) in [4.78, 5) is 18.4. The van der Waals surface area contributed by atoms with Gasteiger partial charge in [-0.05, 0) is 79.8 Å². The van der Waals surface area contributed by atoms with E-state index >= 15 is 0 Å². The fourth-order valence-corrected chi connectivity index (χ4v) is 4.69. The van der Waals surface area contributed by atoms with E-state index in [9.17, 15) is 4.79 Å². The first-order valence-corrected chi connectivity index (χ1v) is 12.0. The van der Waals surface area contributed by atoms with Crippen molar-refractivity contribution in [3.63, 3.8) is 0 Å². The summed E-state index contributed by atoms with van der Waals surface area (Å²) in [6.07, 6.45) is 1.77. The number of aromatic nitrogens is 1. The van der Waals surface area contributed by atoms with E-state index in [1.165, 1.54) is 7.11 Å². The van der Waals surface area contributed by atoms with E-state index in [1.54, 1.807) is 18.3 Å². The number of esters is 1. The van der Waals surface area contributed by atoms with Gasteiger partial charge in [-0.25, -0.2) is 4.79 Å². The van der Waals surface area contributed by atoms with Crippen LogP contribution in [-0.2, 0) is 4.74 Å². The second-order valence-electron chi connectivity index (χ2n) is 8.19. The minimum atomic E-state index is -0.378. The van der Waals surface area contributed by atoms with E-state index < -0.39 is 0 Å². The number of carbonyl (C=O) groups excluding carboxylic acids is 1. The number of methoxy groups -OCH3 is 1. The topological polar surface area (TPSA) is 76.8 Å². The molecule has 7 nitrogen and oxygen atoms in total. The highest BCUT2D eigenvalue weighted by atomic mass is 32.1. The van der Waals surface area contributed by atoms with Crippen LogP contribution in [0.25, 0.3) is 11.3 Å². The molecule has 0 amide bonds. The van der Waals surface area contributed by atoms with E-state index in [1.807, 2.05) is 78.6 Å². The lowest BCUT2D eigenvalue weighted by Gasteiger charge is -2.26. The summed E-state index contributed by atoms with van der Waals surface area (Å²) < 4.78 is 16.8. The fourth-order valence-electron chi connectivity index (χ4n) is 4.35. The molecule has 2 atom stereocenters. The van der Waals surface area contributed by atoms with Crippen molar-refractivity contribution < 1.29 is 18.7 Å². The molecule has 4 aromatic rings. The van der Waals surface area contributed by atoms with Gasteiger partial charge in [0.25, 0.3) is 0 Å². The summed E-state index contributed by atoms with van der Waals surface area (Å²) in [5, 5.41) is 4.02. The van der Waals surface area contributed by atoms with Crippen LogP contribution in [-0.4, -0.2) is 29.8 Å². The number of pyridine rings is 1. The molecule has 3 heterocycles. The lowest BCUT2D eigenvalue weighted by Crippen LogP contribution is -2.29. The number of benzene rings is 2. The molecule has 5 rings (SSSR count). The van der Waals surface area contributed by atoms with Gasteiger partial charge in [0.1, 0.15) is 23.3 Å². The molecular weight excluding hydrogens is 474 g/mol. The molecule has 36 heavy (non-hydrogen) atoms. The molecule has 1 saturated heterocycles. The van der Waals surface area contributed by atoms with Crippen LogP contribution in [0.15, 0.2) is 89.5 Å². The third-order valence-electron chi connectivity index (χ3n) is 6.03. The van der Waals surface area contributed by atoms with Gasteiger partial charge < -0.3 is 24.1 Å². The summed E-state index contributed by atoms with van der Waals surface area (Å²) in [6, 6.07) is 24.2. The Morgan fingerprint density at radius 3 is 2.50 bits per heavy atom. The third kappa shape index (κ3) is 4.55. The lowest BCUT2D eigenvalue weighted by atomic mass is 10.0. The van der Waals surface area contributed by atoms with Gasteiger partial charge in [0.15, 0.2) is 5.11 Å². The average Bonchev–Trinajstić information content (AvgIpc) is 3.54. The minimum Gasteiger partial charge on any atom is -0.494 e. The van der Waals surface area contributed by atoms with Crippen molar-refractivity contribution in [3.05, 3.63) is 102 Å². The van der Waals surface area contributed by atoms with Crippen LogP contribution in [0.2, 0.25) is 0 Å². The first-order chi connectivity index (χ1) is 17.6. The first-order valence-electron chi connectivity index (χ1n) is 11.6. The van der Waals surface area contributed by atoms with Crippen LogP contribution in [0.5, 0.6) is 5.75 Å². The summed E-state index contributed by atoms with van der Waals surface area (Å²) in [5.74, 6) is 1.84. The molecule has 0 bridgehead atoms. The molecule has 1 aliphatic heterocycles. The van der Waals surface area contributed by atoms with Crippen molar-refractivity contribution in [1.82, 2.24) is 10.3 Å². The highest BCUT2D eigenvalue weighted by Gasteiger charge is 2.42. The molecular formula is C28H25N3O4S. The lowest BCUT2D eigenvalue weighted by molar-refractivity contribution is 0.0600. The zero-order valence-corrected chi connectivity index (χ0v) is 20.7. The quantitative estimate of drug-likeness (QED) is 0.256. The Kier molecular flexibility index (Phi) is 6.69. The largest absolute Gasteiger partial charge is 0.494 e. The fraction of sp³-hybridized carbons (Fsp3) is 0.179. The van der Waals surface area contributed by atoms with Gasteiger partial charge >= 0.3 is 5.97 Å². The number of nitrogens with zero attached hydrogens (tertiary/aromatic N) is 2. The number of furan rings is 1. The maximum atomic E-state index is 11.8. The molecule has 8 heteroatoms. The standard InChI is InChI=1S/C28H25N3O4S/c1-3-34-21-13-11-20(12-14-21)31-26(25(30-28(31)36)22-6-4-5-17-29-22)24-16-15-23(35-24)18-7-9-19(10-8-18)27(32)33-2/h4-17,25-26H,3H2,1-2H3,(H,30,36)/t25-,26+/m1/s1. The second-order valence-corrected chi connectivity index (χ2v) is 8.58. The third-order valence-corrected chi connectivity index (χ3v) is 6.35. The van der Waals surface area contributed by atoms with Gasteiger partial charge in [0, 0.05) is 17.4 Å². The Morgan fingerprint density at radius 1 is 1.06 bits per heavy atom. The smallest absolute Gasteiger partial charge is 0.337 e. The van der Waals surface area contributed by atoms with E-state index in [-0.39, 0.29) is 18.1 Å². The number of ether oxygens (including phenoxy) is 2. The van der Waals surface area contributed by atoms with E-state index in [0.29, 0.717) is 23.0 Å². The normalized spacial score (nSPS) is 17.1. The molecule has 182 valence electrons. The Morgan fingerprint density at radius 2 is 1.83 bits per heavy atom. The number of thiocarbonyl (C=S) groups is 1. The van der Waals surface area contributed by atoms with E-state index in [4.69, 9.17) is 26.1 Å². The predicted octanol–water partition coefficient (Wildman–Crippen LogP) is 5.70. The number of hydrogen-bond acceptors (Lipinski definition) is 6. The summed E-state index contributed by atoms with van der Waals surface area (Å²) in [6.45, 7) is 2.56. The molecule has 0 saturated carbocycles. The molecule has 0 spiro atoms. The maximum Gasteiger partial charge on any atom is 0.337 e. The van der Waals surface area contributed by atoms with Crippen LogP contribution >= 0.6 is 12.2 Å². The van der Waals surface area contributed by atoms with Gasteiger partial charge in [-0.15, -0.1) is 0 Å². The summed E-state index contributed by atoms with van der Waals surface area (Å²) in [5.41, 5.74) is 3.11. The van der Waals surface area contributed by atoms with Crippen molar-refractivity contribution in [2.75, 3.05) is 18.6 Å². The number of hydrogen-bond donors (Lipinski definition) is 1. The summed E-state index contributed by atoms with van der Waals surface area (Å²) >= 11 is 5.78. The van der Waals surface area contributed by atoms with Crippen LogP contribution in [0.3, 0.4) is 0 Å². The van der Waals surface area contributed by atoms with Crippen LogP contribution in [0.1, 0.15) is 40.8 Å². The van der Waals surface area contributed by atoms with Crippen LogP contribution in [0.4, 0.5) is 5.69 Å². The monoisotopic (exact) mass is 499 g/mol. The van der Waals surface area contributed by atoms with Gasteiger partial charge in [0.2, 0.25) is 0 Å². The van der Waals surface area contributed by atoms with Crippen molar-refractivity contribution in [2.45, 2.75) is 19.0 Å². The van der Waals surface area contributed by atoms with Gasteiger partial charge in [-0.2, -0.15) is 0 Å². The first kappa shape index (κ1) is 23.6. The predicted molar refractivity (Wildman–Crippen MR) is 141 cm³/mol. The van der Waals surface area contributed by atoms with Crippen LogP contribution < -0.4 is 15.0 Å². The highest BCUT2D eigenvalue weighted by molar-refractivity contribution is 7.80. The number of carbonyl (C=O) groups is 1. The van der Waals surface area contributed by atoms with Gasteiger partial charge in [-0.1, -0.05) is 18.2 Å². The zero-order valence-electron chi connectivity index (χ0n) is 19.9. The van der Waals surface area contributed by atoms with E-state index in [0.717, 1.165) is 28.5 Å². The van der Waals surface area contributed by atoms with Crippen molar-refractivity contribution >= 4 is 29.0 Å². The number of anilines is 1. The molecule has 0 radical (unpaired) electrons. The molecule has 0 unspecified atom stereocenters. The second kappa shape index (κ2) is 10.2. The van der Waals surface area contributed by atoms with Crippen LogP contribution in [0, 0.1) is 0 Å². The van der Waals surface area contributed by atoms with E-state index in [2.05, 4.69) is 10.3 Å². The van der Waals surface area contributed by atoms with Crippen molar-refractivity contribution in [2.24, 2.45) is 0 Å². The molecule has 1 N–H and O–H groups in total. The molecule has 1 fully saturated rings.